The summed E-state index contributed by atoms with van der Waals surface area (Å²) in [5.74, 6) is 5.62. The first kappa shape index (κ1) is 24.2. The quantitative estimate of drug-likeness (QED) is 0.580. The van der Waals surface area contributed by atoms with Crippen LogP contribution in [0.2, 0.25) is 0 Å². The summed E-state index contributed by atoms with van der Waals surface area (Å²) in [5, 5.41) is 10.7. The average Bonchev–Trinajstić information content (AvgIpc) is 3.21. The van der Waals surface area contributed by atoms with Gasteiger partial charge in [-0.25, -0.2) is 0 Å². The number of rotatable bonds is 1. The van der Waals surface area contributed by atoms with E-state index in [2.05, 4.69) is 30.7 Å². The minimum atomic E-state index is -4.42. The number of nitrogens with zero attached hydrogens (tertiary/aromatic N) is 2. The standard InChI is InChI=1S/C29H29F3N2O3/c1-27-13-12-20(34(3)23(36)11-6-17-4-8-19(9-5-17)29(30,31)32)26-28(27)14-15-33(2)22(27)16-18-7-10-21(35)25(37-26)24(18)28/h4-5,7-10,20,22,26,35H,12-16H2,1-3H3/t20-,22-,26+,27+,28+/m1/s1. The number of carbonyl (C=O) groups is 1. The first-order chi connectivity index (χ1) is 17.5. The van der Waals surface area contributed by atoms with E-state index in [1.807, 2.05) is 6.07 Å². The monoisotopic (exact) mass is 510 g/mol. The van der Waals surface area contributed by atoms with E-state index in [1.165, 1.54) is 17.7 Å². The molecule has 5 atom stereocenters. The Hall–Kier alpha value is -3.18. The number of aromatic hydroxyl groups is 1. The number of alkyl halides is 3. The lowest BCUT2D eigenvalue weighted by Gasteiger charge is -2.65. The molecule has 4 aliphatic rings. The van der Waals surface area contributed by atoms with Crippen LogP contribution in [-0.2, 0) is 22.8 Å². The third-order valence-electron chi connectivity index (χ3n) is 9.61. The van der Waals surface area contributed by atoms with E-state index >= 15 is 0 Å². The van der Waals surface area contributed by atoms with Gasteiger partial charge in [0.05, 0.1) is 11.6 Å². The molecule has 194 valence electrons. The number of benzene rings is 2. The third-order valence-corrected chi connectivity index (χ3v) is 9.61. The maximum absolute atomic E-state index is 13.2. The number of likely N-dealkylation sites (N-methyl/N-ethyl adjacent to an activating group) is 2. The van der Waals surface area contributed by atoms with Gasteiger partial charge in [-0.05, 0) is 80.6 Å². The van der Waals surface area contributed by atoms with Crippen LogP contribution in [-0.4, -0.2) is 59.6 Å². The van der Waals surface area contributed by atoms with Gasteiger partial charge in [0.15, 0.2) is 11.5 Å². The van der Waals surface area contributed by atoms with E-state index in [-0.39, 0.29) is 28.7 Å². The highest BCUT2D eigenvalue weighted by Gasteiger charge is 2.71. The summed E-state index contributed by atoms with van der Waals surface area (Å²) in [7, 11) is 3.90. The molecule has 1 saturated carbocycles. The predicted molar refractivity (Wildman–Crippen MR) is 131 cm³/mol. The highest BCUT2D eigenvalue weighted by Crippen LogP contribution is 2.69. The Morgan fingerprint density at radius 2 is 1.92 bits per heavy atom. The van der Waals surface area contributed by atoms with Crippen LogP contribution in [0, 0.1) is 17.3 Å². The van der Waals surface area contributed by atoms with Crippen molar-refractivity contribution in [1.29, 1.82) is 0 Å². The summed E-state index contributed by atoms with van der Waals surface area (Å²) in [4.78, 5) is 17.3. The second-order valence-electron chi connectivity index (χ2n) is 11.2. The van der Waals surface area contributed by atoms with Crippen LogP contribution in [0.25, 0.3) is 0 Å². The van der Waals surface area contributed by atoms with Crippen LogP contribution >= 0.6 is 0 Å². The van der Waals surface area contributed by atoms with Gasteiger partial charge in [-0.2, -0.15) is 13.2 Å². The van der Waals surface area contributed by atoms with Gasteiger partial charge in [0.25, 0.3) is 5.91 Å². The molecule has 8 heteroatoms. The minimum Gasteiger partial charge on any atom is -0.504 e. The molecule has 2 aliphatic heterocycles. The van der Waals surface area contributed by atoms with Crippen molar-refractivity contribution in [3.63, 3.8) is 0 Å². The summed E-state index contributed by atoms with van der Waals surface area (Å²) in [5.41, 5.74) is 1.53. The molecule has 37 heavy (non-hydrogen) atoms. The van der Waals surface area contributed by atoms with Crippen LogP contribution < -0.4 is 4.74 Å². The second-order valence-corrected chi connectivity index (χ2v) is 11.2. The van der Waals surface area contributed by atoms with Crippen molar-refractivity contribution in [2.75, 3.05) is 20.6 Å². The lowest BCUT2D eigenvalue weighted by Crippen LogP contribution is -2.73. The van der Waals surface area contributed by atoms with Crippen molar-refractivity contribution in [2.24, 2.45) is 5.41 Å². The molecule has 1 N–H and O–H groups in total. The molecule has 2 aromatic carbocycles. The van der Waals surface area contributed by atoms with Gasteiger partial charge in [-0.3, -0.25) is 4.79 Å². The number of halogens is 3. The molecule has 2 bridgehead atoms. The zero-order valence-corrected chi connectivity index (χ0v) is 21.0. The molecule has 0 unspecified atom stereocenters. The van der Waals surface area contributed by atoms with Crippen molar-refractivity contribution in [3.8, 4) is 23.3 Å². The molecule has 1 spiro atoms. The first-order valence-corrected chi connectivity index (χ1v) is 12.7. The largest absolute Gasteiger partial charge is 0.504 e. The van der Waals surface area contributed by atoms with Crippen LogP contribution in [0.15, 0.2) is 36.4 Å². The van der Waals surface area contributed by atoms with Gasteiger partial charge in [-0.1, -0.05) is 18.9 Å². The Bertz CT molecular complexity index is 1350. The van der Waals surface area contributed by atoms with Crippen LogP contribution in [0.1, 0.15) is 48.4 Å². The maximum atomic E-state index is 13.2. The summed E-state index contributed by atoms with van der Waals surface area (Å²) in [6, 6.07) is 8.30. The van der Waals surface area contributed by atoms with Gasteiger partial charge < -0.3 is 19.6 Å². The molecule has 2 aliphatic carbocycles. The molecule has 6 rings (SSSR count). The lowest BCUT2D eigenvalue weighted by molar-refractivity contribution is -0.147. The molecule has 1 saturated heterocycles. The number of piperidine rings is 1. The fourth-order valence-corrected chi connectivity index (χ4v) is 7.71. The Morgan fingerprint density at radius 1 is 1.19 bits per heavy atom. The summed E-state index contributed by atoms with van der Waals surface area (Å²) >= 11 is 0. The van der Waals surface area contributed by atoms with E-state index in [1.54, 1.807) is 18.0 Å². The highest BCUT2D eigenvalue weighted by molar-refractivity contribution is 5.94. The Morgan fingerprint density at radius 3 is 2.62 bits per heavy atom. The van der Waals surface area contributed by atoms with Crippen LogP contribution in [0.3, 0.4) is 0 Å². The number of carbonyl (C=O) groups excluding carboxylic acids is 1. The number of amides is 1. The number of phenolic OH excluding ortho intramolecular Hbond substituents is 1. The molecule has 0 aromatic heterocycles. The number of hydrogen-bond acceptors (Lipinski definition) is 4. The Labute approximate surface area is 214 Å². The predicted octanol–water partition coefficient (Wildman–Crippen LogP) is 4.35. The summed E-state index contributed by atoms with van der Waals surface area (Å²) in [6.45, 7) is 3.25. The van der Waals surface area contributed by atoms with Crippen molar-refractivity contribution < 1.29 is 27.8 Å². The van der Waals surface area contributed by atoms with E-state index in [0.717, 1.165) is 49.9 Å². The topological polar surface area (TPSA) is 53.0 Å². The van der Waals surface area contributed by atoms with Gasteiger partial charge in [0.2, 0.25) is 0 Å². The average molecular weight is 511 g/mol. The number of hydrogen-bond donors (Lipinski definition) is 1. The van der Waals surface area contributed by atoms with E-state index in [9.17, 15) is 23.1 Å². The van der Waals surface area contributed by atoms with E-state index < -0.39 is 17.6 Å². The molecule has 5 nitrogen and oxygen atoms in total. The van der Waals surface area contributed by atoms with E-state index in [0.29, 0.717) is 17.4 Å². The van der Waals surface area contributed by atoms with Crippen molar-refractivity contribution in [2.45, 2.75) is 62.4 Å². The molecule has 0 radical (unpaired) electrons. The zero-order valence-electron chi connectivity index (χ0n) is 21.0. The van der Waals surface area contributed by atoms with Crippen molar-refractivity contribution >= 4 is 5.91 Å². The molecule has 2 heterocycles. The minimum absolute atomic E-state index is 0.0665. The fourth-order valence-electron chi connectivity index (χ4n) is 7.71. The van der Waals surface area contributed by atoms with Crippen molar-refractivity contribution in [1.82, 2.24) is 9.80 Å². The number of likely N-dealkylation sites (tertiary alicyclic amines) is 1. The van der Waals surface area contributed by atoms with Gasteiger partial charge in [0, 0.05) is 35.6 Å². The van der Waals surface area contributed by atoms with Crippen LogP contribution in [0.5, 0.6) is 11.5 Å². The zero-order chi connectivity index (χ0) is 26.3. The normalized spacial score (nSPS) is 31.6. The van der Waals surface area contributed by atoms with Gasteiger partial charge in [-0.15, -0.1) is 0 Å². The lowest BCUT2D eigenvalue weighted by atomic mass is 9.43. The molecular formula is C29H29F3N2O3. The summed E-state index contributed by atoms with van der Waals surface area (Å²) in [6.07, 6.45) is -1.30. The van der Waals surface area contributed by atoms with Gasteiger partial charge >= 0.3 is 6.18 Å². The third kappa shape index (κ3) is 3.26. The first-order valence-electron chi connectivity index (χ1n) is 12.7. The Kier molecular flexibility index (Phi) is 5.17. The molecular weight excluding hydrogens is 481 g/mol. The molecule has 2 aromatic rings. The second kappa shape index (κ2) is 7.91. The Balaban J connectivity index is 1.33. The maximum Gasteiger partial charge on any atom is 0.416 e. The highest BCUT2D eigenvalue weighted by atomic mass is 19.4. The SMILES string of the molecule is CN1CC[C@]23c4c5ccc(O)c4O[C@H]2[C@H](N(C)C(=O)C#Cc2ccc(C(F)(F)F)cc2)CC[C@@]3(C)[C@H]1C5. The van der Waals surface area contributed by atoms with Crippen molar-refractivity contribution in [3.05, 3.63) is 58.7 Å². The summed E-state index contributed by atoms with van der Waals surface area (Å²) < 4.78 is 45.1. The smallest absolute Gasteiger partial charge is 0.416 e. The van der Waals surface area contributed by atoms with E-state index in [4.69, 9.17) is 4.74 Å². The van der Waals surface area contributed by atoms with Crippen LogP contribution in [0.4, 0.5) is 13.2 Å². The number of phenols is 1. The fraction of sp³-hybridized carbons (Fsp3) is 0.483. The van der Waals surface area contributed by atoms with Gasteiger partial charge in [0.1, 0.15) is 6.10 Å². The molecule has 2 fully saturated rings. The number of ether oxygens (including phenoxy) is 1. The molecule has 1 amide bonds.